The lowest BCUT2D eigenvalue weighted by molar-refractivity contribution is -0.191. The predicted octanol–water partition coefficient (Wildman–Crippen LogP) is 1.37. The van der Waals surface area contributed by atoms with Crippen LogP contribution in [0.2, 0.25) is 0 Å². The van der Waals surface area contributed by atoms with E-state index in [1.54, 1.807) is 13.8 Å². The van der Waals surface area contributed by atoms with Gasteiger partial charge in [0.15, 0.2) is 23.5 Å². The zero-order valence-electron chi connectivity index (χ0n) is 26.7. The van der Waals surface area contributed by atoms with E-state index in [4.69, 9.17) is 47.7 Å². The Bertz CT molecular complexity index is 1450. The molecule has 1 aromatic rings. The number of carbonyl (C=O) groups is 3. The third kappa shape index (κ3) is 7.69. The van der Waals surface area contributed by atoms with Gasteiger partial charge in [-0.05, 0) is 40.5 Å². The normalized spacial score (nSPS) is 27.3. The maximum absolute atomic E-state index is 15.1. The lowest BCUT2D eigenvalue weighted by atomic mass is 9.93. The first-order valence-electron chi connectivity index (χ1n) is 14.3. The lowest BCUT2D eigenvalue weighted by Gasteiger charge is -2.35. The Balaban J connectivity index is 2.01. The number of rotatable bonds is 15. The van der Waals surface area contributed by atoms with Gasteiger partial charge in [0.25, 0.3) is 5.56 Å². The Labute approximate surface area is 267 Å². The van der Waals surface area contributed by atoms with Crippen molar-refractivity contribution in [2.75, 3.05) is 20.3 Å². The van der Waals surface area contributed by atoms with Crippen molar-refractivity contribution in [3.8, 4) is 0 Å². The zero-order valence-corrected chi connectivity index (χ0v) is 27.6. The molecule has 1 aliphatic carbocycles. The Kier molecular flexibility index (Phi) is 11.7. The highest BCUT2D eigenvalue weighted by Gasteiger charge is 2.96. The first kappa shape index (κ1) is 38.1. The Morgan fingerprint density at radius 3 is 2.04 bits per heavy atom. The highest BCUT2D eigenvalue weighted by atomic mass is 31.2. The minimum atomic E-state index is -5.16. The highest BCUT2D eigenvalue weighted by Crippen LogP contribution is 2.73. The van der Waals surface area contributed by atoms with Gasteiger partial charge >= 0.3 is 31.8 Å². The molecule has 47 heavy (non-hydrogen) atoms. The van der Waals surface area contributed by atoms with E-state index < -0.39 is 111 Å². The summed E-state index contributed by atoms with van der Waals surface area (Å²) in [5.41, 5.74) is -3.61. The number of fused-ring (bicyclic) bond motifs is 1. The molecule has 1 aliphatic heterocycles. The standard InChI is InChI=1S/C26H39FN3O16P/c1-13(2)17(28)18(32)44-26-19(25(26,10-27)45-20(24(26,7)36)30-9-8-16(31)29-21(30)33)46-47(37,40-11-38-22(34)42-14(3)4)41-12-39-23(35)43-15(5)6/h8-9,13-15,17,19-20,36H,10-12,28H2,1-7H3,(H,29,31,33)/t17-,19?,20-,24+,25-,26+/m1/s1. The van der Waals surface area contributed by atoms with Crippen LogP contribution in [0, 0.1) is 5.92 Å². The van der Waals surface area contributed by atoms with Crippen molar-refractivity contribution in [2.24, 2.45) is 11.7 Å². The van der Waals surface area contributed by atoms with Gasteiger partial charge in [0, 0.05) is 12.3 Å². The van der Waals surface area contributed by atoms with Gasteiger partial charge in [0.05, 0.1) is 12.2 Å². The van der Waals surface area contributed by atoms with E-state index in [0.29, 0.717) is 4.57 Å². The van der Waals surface area contributed by atoms with Gasteiger partial charge in [-0.3, -0.25) is 23.7 Å². The number of nitrogens with one attached hydrogen (secondary N) is 1. The molecule has 0 bridgehead atoms. The summed E-state index contributed by atoms with van der Waals surface area (Å²) in [6.45, 7) is 6.32. The number of phosphoric acid groups is 1. The number of H-pyrrole nitrogens is 1. The summed E-state index contributed by atoms with van der Waals surface area (Å²) in [5, 5.41) is 11.9. The van der Waals surface area contributed by atoms with Crippen LogP contribution in [0.4, 0.5) is 14.0 Å². The van der Waals surface area contributed by atoms with Gasteiger partial charge in [-0.1, -0.05) is 13.8 Å². The molecule has 1 saturated carbocycles. The maximum Gasteiger partial charge on any atom is 0.510 e. The van der Waals surface area contributed by atoms with Crippen molar-refractivity contribution >= 4 is 26.1 Å². The third-order valence-electron chi connectivity index (χ3n) is 7.12. The number of carbonyl (C=O) groups excluding carboxylic acids is 3. The van der Waals surface area contributed by atoms with E-state index in [1.807, 2.05) is 4.98 Å². The van der Waals surface area contributed by atoms with Gasteiger partial charge in [-0.15, -0.1) is 0 Å². The topological polar surface area (TPSA) is 252 Å². The minimum Gasteiger partial charge on any atom is -0.448 e. The Morgan fingerprint density at radius 1 is 1.06 bits per heavy atom. The van der Waals surface area contributed by atoms with Gasteiger partial charge in [0.2, 0.25) is 19.2 Å². The second-order valence-corrected chi connectivity index (χ2v) is 13.3. The number of aromatic nitrogens is 2. The molecule has 0 spiro atoms. The van der Waals surface area contributed by atoms with Gasteiger partial charge < -0.3 is 39.3 Å². The second kappa shape index (κ2) is 14.4. The van der Waals surface area contributed by atoms with Crippen molar-refractivity contribution in [1.82, 2.24) is 9.55 Å². The molecule has 2 fully saturated rings. The lowest BCUT2D eigenvalue weighted by Crippen LogP contribution is -2.55. The summed E-state index contributed by atoms with van der Waals surface area (Å²) in [5.74, 6) is -1.69. The SMILES string of the molecule is CC(C)OC(=O)OCOP(=O)(OCOC(=O)OC(C)C)OC1[C@]2(OC(=O)[C@H](N)C(C)C)[C@@](C)(O)[C@H](n3ccc(=O)[nH]c3=O)O[C@]12CF. The minimum absolute atomic E-state index is 0.523. The fraction of sp³-hybridized carbons (Fsp3) is 0.731. The average molecular weight is 700 g/mol. The molecular formula is C26H39FN3O16P. The molecule has 2 heterocycles. The number of alkyl halides is 1. The number of aromatic amines is 1. The molecule has 0 amide bonds. The maximum atomic E-state index is 15.1. The Morgan fingerprint density at radius 2 is 1.60 bits per heavy atom. The van der Waals surface area contributed by atoms with E-state index >= 15 is 4.39 Å². The number of phosphoric ester groups is 1. The van der Waals surface area contributed by atoms with Gasteiger partial charge in [-0.2, -0.15) is 0 Å². The van der Waals surface area contributed by atoms with Crippen LogP contribution in [0.25, 0.3) is 0 Å². The van der Waals surface area contributed by atoms with Crippen LogP contribution < -0.4 is 17.0 Å². The molecule has 6 atom stereocenters. The molecule has 21 heteroatoms. The number of halogens is 1. The number of aliphatic hydroxyl groups is 1. The summed E-state index contributed by atoms with van der Waals surface area (Å²) >= 11 is 0. The number of nitrogens with two attached hydrogens (primary N) is 1. The first-order valence-corrected chi connectivity index (χ1v) is 15.7. The molecule has 266 valence electrons. The number of ether oxygens (including phenoxy) is 6. The fourth-order valence-corrected chi connectivity index (χ4v) is 5.92. The van der Waals surface area contributed by atoms with Crippen LogP contribution in [0.3, 0.4) is 0 Å². The molecule has 4 N–H and O–H groups in total. The summed E-state index contributed by atoms with van der Waals surface area (Å²) in [6, 6.07) is -0.410. The molecule has 1 saturated heterocycles. The predicted molar refractivity (Wildman–Crippen MR) is 152 cm³/mol. The molecule has 19 nitrogen and oxygen atoms in total. The van der Waals surface area contributed by atoms with Crippen LogP contribution in [-0.2, 0) is 51.4 Å². The number of esters is 1. The van der Waals surface area contributed by atoms with Crippen LogP contribution in [0.5, 0.6) is 0 Å². The number of nitrogens with zero attached hydrogens (tertiary/aromatic N) is 1. The molecule has 1 aromatic heterocycles. The van der Waals surface area contributed by atoms with Crippen LogP contribution in [0.1, 0.15) is 54.7 Å². The van der Waals surface area contributed by atoms with Crippen molar-refractivity contribution < 1.29 is 70.4 Å². The molecule has 3 rings (SSSR count). The quantitative estimate of drug-likeness (QED) is 0.101. The van der Waals surface area contributed by atoms with Crippen molar-refractivity contribution in [3.05, 3.63) is 33.1 Å². The summed E-state index contributed by atoms with van der Waals surface area (Å²) in [6.07, 6.45) is -6.61. The molecule has 1 unspecified atom stereocenters. The highest BCUT2D eigenvalue weighted by molar-refractivity contribution is 7.48. The van der Waals surface area contributed by atoms with Crippen molar-refractivity contribution in [1.29, 1.82) is 0 Å². The largest absolute Gasteiger partial charge is 0.510 e. The first-order chi connectivity index (χ1) is 21.8. The monoisotopic (exact) mass is 699 g/mol. The van der Waals surface area contributed by atoms with Crippen LogP contribution in [0.15, 0.2) is 21.9 Å². The third-order valence-corrected chi connectivity index (χ3v) is 8.43. The van der Waals surface area contributed by atoms with Crippen LogP contribution >= 0.6 is 7.82 Å². The van der Waals surface area contributed by atoms with E-state index in [9.17, 15) is 33.6 Å². The van der Waals surface area contributed by atoms with E-state index in [1.165, 1.54) is 27.7 Å². The van der Waals surface area contributed by atoms with E-state index in [2.05, 4.69) is 0 Å². The summed E-state index contributed by atoms with van der Waals surface area (Å²) in [7, 11) is -5.16. The zero-order chi connectivity index (χ0) is 35.5. The summed E-state index contributed by atoms with van der Waals surface area (Å²) < 4.78 is 75.6. The van der Waals surface area contributed by atoms with E-state index in [-0.39, 0.29) is 0 Å². The van der Waals surface area contributed by atoms with Crippen molar-refractivity contribution in [3.63, 3.8) is 0 Å². The molecule has 2 aliphatic rings. The van der Waals surface area contributed by atoms with Crippen LogP contribution in [-0.4, -0.2) is 94.4 Å². The number of hydrogen-bond acceptors (Lipinski definition) is 17. The number of hydrogen-bond donors (Lipinski definition) is 3. The Hall–Kier alpha value is -3.39. The van der Waals surface area contributed by atoms with Gasteiger partial charge in [0.1, 0.15) is 12.7 Å². The van der Waals surface area contributed by atoms with Crippen molar-refractivity contribution in [2.45, 2.75) is 95.9 Å². The molecule has 0 aromatic carbocycles. The average Bonchev–Trinajstić information content (AvgIpc) is 3.41. The molecule has 0 radical (unpaired) electrons. The summed E-state index contributed by atoms with van der Waals surface area (Å²) in [4.78, 5) is 63.1. The molecular weight excluding hydrogens is 660 g/mol. The fourth-order valence-electron chi connectivity index (χ4n) is 4.79. The second-order valence-electron chi connectivity index (χ2n) is 11.6. The van der Waals surface area contributed by atoms with Gasteiger partial charge in [-0.25, -0.2) is 32.4 Å². The van der Waals surface area contributed by atoms with E-state index in [0.717, 1.165) is 19.2 Å². The smallest absolute Gasteiger partial charge is 0.448 e.